The highest BCUT2D eigenvalue weighted by Crippen LogP contribution is 2.16. The van der Waals surface area contributed by atoms with Gasteiger partial charge in [0.25, 0.3) is 5.56 Å². The first-order chi connectivity index (χ1) is 13.1. The number of nitrogens with zero attached hydrogens (tertiary/aromatic N) is 6. The summed E-state index contributed by atoms with van der Waals surface area (Å²) in [6.45, 7) is 1.61. The van der Waals surface area contributed by atoms with Crippen molar-refractivity contribution in [2.24, 2.45) is 0 Å². The molecule has 0 amide bonds. The Bertz CT molecular complexity index is 1170. The molecule has 4 rings (SSSR count). The lowest BCUT2D eigenvalue weighted by Gasteiger charge is -2.06. The summed E-state index contributed by atoms with van der Waals surface area (Å²) >= 11 is 1.52. The van der Waals surface area contributed by atoms with E-state index in [-0.39, 0.29) is 18.7 Å². The molecule has 0 saturated heterocycles. The van der Waals surface area contributed by atoms with Crippen LogP contribution in [0.25, 0.3) is 17.0 Å². The molecule has 0 unspecified atom stereocenters. The van der Waals surface area contributed by atoms with Crippen LogP contribution in [0.3, 0.4) is 0 Å². The quantitative estimate of drug-likeness (QED) is 0.481. The fraction of sp³-hybridized carbons (Fsp3) is 0.176. The van der Waals surface area contributed by atoms with Gasteiger partial charge in [-0.3, -0.25) is 9.20 Å². The molecule has 0 N–H and O–H groups in total. The molecular weight excluding hydrogens is 368 g/mol. The average Bonchev–Trinajstić information content (AvgIpc) is 3.32. The Balaban J connectivity index is 1.41. The summed E-state index contributed by atoms with van der Waals surface area (Å²) in [6, 6.07) is 6.82. The Kier molecular flexibility index (Phi) is 4.47. The fourth-order valence-electron chi connectivity index (χ4n) is 2.47. The molecule has 9 nitrogen and oxygen atoms in total. The molecule has 0 saturated carbocycles. The maximum atomic E-state index is 12.2. The molecule has 0 aliphatic rings. The molecule has 4 aromatic heterocycles. The molecule has 4 aromatic rings. The van der Waals surface area contributed by atoms with Crippen molar-refractivity contribution in [1.82, 2.24) is 29.6 Å². The van der Waals surface area contributed by atoms with Gasteiger partial charge in [0.05, 0.1) is 5.69 Å². The first-order valence-electron chi connectivity index (χ1n) is 8.03. The molecular formula is C17H14N6O3S. The average molecular weight is 382 g/mol. The lowest BCUT2D eigenvalue weighted by molar-refractivity contribution is -0.146. The smallest absolute Gasteiger partial charge is 0.330 e. The van der Waals surface area contributed by atoms with E-state index in [0.717, 1.165) is 11.1 Å². The largest absolute Gasteiger partial charge is 0.458 e. The van der Waals surface area contributed by atoms with E-state index in [1.54, 1.807) is 12.3 Å². The second kappa shape index (κ2) is 7.08. The SMILES string of the molecule is Cc1ccc2nc(COC(=O)Cn3nnc(-c4ccsc4)n3)cc(=O)n2c1. The number of pyridine rings is 1. The van der Waals surface area contributed by atoms with Crippen LogP contribution in [0, 0.1) is 6.92 Å². The zero-order chi connectivity index (χ0) is 18.8. The minimum atomic E-state index is -0.546. The molecule has 10 heteroatoms. The number of hydrogen-bond acceptors (Lipinski definition) is 8. The number of ether oxygens (including phenoxy) is 1. The number of aromatic nitrogens is 6. The van der Waals surface area contributed by atoms with Crippen LogP contribution in [-0.4, -0.2) is 35.6 Å². The molecule has 0 radical (unpaired) electrons. The molecule has 0 spiro atoms. The minimum absolute atomic E-state index is 0.107. The van der Waals surface area contributed by atoms with E-state index in [9.17, 15) is 9.59 Å². The van der Waals surface area contributed by atoms with Gasteiger partial charge in [-0.25, -0.2) is 9.78 Å². The van der Waals surface area contributed by atoms with E-state index in [4.69, 9.17) is 4.74 Å². The number of hydrogen-bond donors (Lipinski definition) is 0. The molecule has 0 aliphatic carbocycles. The highest BCUT2D eigenvalue weighted by atomic mass is 32.1. The van der Waals surface area contributed by atoms with Crippen LogP contribution in [0.15, 0.2) is 46.0 Å². The molecule has 0 fully saturated rings. The Labute approximate surface area is 156 Å². The van der Waals surface area contributed by atoms with Gasteiger partial charge in [0.2, 0.25) is 5.82 Å². The van der Waals surface area contributed by atoms with Crippen LogP contribution in [0.1, 0.15) is 11.3 Å². The molecule has 0 aromatic carbocycles. The van der Waals surface area contributed by atoms with E-state index in [1.807, 2.05) is 29.8 Å². The summed E-state index contributed by atoms with van der Waals surface area (Å²) in [7, 11) is 0. The van der Waals surface area contributed by atoms with Gasteiger partial charge in [-0.1, -0.05) is 6.07 Å². The fourth-order valence-corrected chi connectivity index (χ4v) is 3.10. The second-order valence-corrected chi connectivity index (χ2v) is 6.62. The Hall–Kier alpha value is -3.40. The van der Waals surface area contributed by atoms with E-state index in [2.05, 4.69) is 20.4 Å². The number of carbonyl (C=O) groups is 1. The molecule has 0 aliphatic heterocycles. The number of fused-ring (bicyclic) bond motifs is 1. The van der Waals surface area contributed by atoms with Crippen LogP contribution in [0.4, 0.5) is 0 Å². The molecule has 136 valence electrons. The summed E-state index contributed by atoms with van der Waals surface area (Å²) in [6.07, 6.45) is 1.71. The molecule has 4 heterocycles. The van der Waals surface area contributed by atoms with Crippen LogP contribution >= 0.6 is 11.3 Å². The highest BCUT2D eigenvalue weighted by molar-refractivity contribution is 7.08. The van der Waals surface area contributed by atoms with Crippen molar-refractivity contribution in [2.45, 2.75) is 20.1 Å². The highest BCUT2D eigenvalue weighted by Gasteiger charge is 2.11. The topological polar surface area (TPSA) is 104 Å². The van der Waals surface area contributed by atoms with Crippen molar-refractivity contribution < 1.29 is 9.53 Å². The zero-order valence-corrected chi connectivity index (χ0v) is 15.1. The number of aryl methyl sites for hydroxylation is 1. The van der Waals surface area contributed by atoms with Gasteiger partial charge in [0, 0.05) is 23.2 Å². The maximum absolute atomic E-state index is 12.2. The lowest BCUT2D eigenvalue weighted by atomic mass is 10.3. The monoisotopic (exact) mass is 382 g/mol. The first kappa shape index (κ1) is 17.0. The van der Waals surface area contributed by atoms with Crippen LogP contribution in [0.2, 0.25) is 0 Å². The van der Waals surface area contributed by atoms with Gasteiger partial charge >= 0.3 is 5.97 Å². The van der Waals surface area contributed by atoms with Gasteiger partial charge < -0.3 is 4.74 Å². The molecule has 0 atom stereocenters. The van der Waals surface area contributed by atoms with Gasteiger partial charge in [0.15, 0.2) is 6.54 Å². The van der Waals surface area contributed by atoms with E-state index in [0.29, 0.717) is 17.2 Å². The standard InChI is InChI=1S/C17H14N6O3S/c1-11-2-3-14-18-13(6-15(24)22(14)7-11)9-26-16(25)8-23-20-17(19-21-23)12-4-5-27-10-12/h2-7,10H,8-9H2,1H3. The Morgan fingerprint density at radius 3 is 3.00 bits per heavy atom. The molecule has 27 heavy (non-hydrogen) atoms. The third-order valence-electron chi connectivity index (χ3n) is 3.74. The summed E-state index contributed by atoms with van der Waals surface area (Å²) in [5.41, 5.74) is 2.44. The summed E-state index contributed by atoms with van der Waals surface area (Å²) in [5.74, 6) is -0.0984. The minimum Gasteiger partial charge on any atom is -0.458 e. The number of rotatable bonds is 5. The van der Waals surface area contributed by atoms with Crippen molar-refractivity contribution >= 4 is 23.0 Å². The van der Waals surface area contributed by atoms with Crippen LogP contribution in [-0.2, 0) is 22.7 Å². The number of esters is 1. The maximum Gasteiger partial charge on any atom is 0.330 e. The zero-order valence-electron chi connectivity index (χ0n) is 14.3. The summed E-state index contributed by atoms with van der Waals surface area (Å²) < 4.78 is 6.63. The lowest BCUT2D eigenvalue weighted by Crippen LogP contribution is -2.19. The van der Waals surface area contributed by atoms with E-state index in [1.165, 1.54) is 26.6 Å². The van der Waals surface area contributed by atoms with Crippen molar-refractivity contribution in [3.05, 3.63) is 62.8 Å². The third-order valence-corrected chi connectivity index (χ3v) is 4.43. The van der Waals surface area contributed by atoms with Crippen molar-refractivity contribution in [1.29, 1.82) is 0 Å². The Morgan fingerprint density at radius 1 is 1.30 bits per heavy atom. The van der Waals surface area contributed by atoms with E-state index >= 15 is 0 Å². The van der Waals surface area contributed by atoms with Crippen molar-refractivity contribution in [2.75, 3.05) is 0 Å². The van der Waals surface area contributed by atoms with Crippen LogP contribution < -0.4 is 5.56 Å². The normalized spacial score (nSPS) is 11.0. The van der Waals surface area contributed by atoms with Gasteiger partial charge in [-0.05, 0) is 35.2 Å². The number of tetrazole rings is 1. The summed E-state index contributed by atoms with van der Waals surface area (Å²) in [5, 5.41) is 15.7. The van der Waals surface area contributed by atoms with Crippen molar-refractivity contribution in [3.63, 3.8) is 0 Å². The first-order valence-corrected chi connectivity index (χ1v) is 8.98. The molecule has 0 bridgehead atoms. The second-order valence-electron chi connectivity index (χ2n) is 5.84. The van der Waals surface area contributed by atoms with E-state index < -0.39 is 5.97 Å². The third kappa shape index (κ3) is 3.75. The van der Waals surface area contributed by atoms with Crippen LogP contribution in [0.5, 0.6) is 0 Å². The number of carbonyl (C=O) groups excluding carboxylic acids is 1. The van der Waals surface area contributed by atoms with Gasteiger partial charge in [0.1, 0.15) is 12.3 Å². The Morgan fingerprint density at radius 2 is 2.19 bits per heavy atom. The number of thiophene rings is 1. The predicted octanol–water partition coefficient (Wildman–Crippen LogP) is 1.46. The van der Waals surface area contributed by atoms with Gasteiger partial charge in [-0.15, -0.1) is 10.2 Å². The van der Waals surface area contributed by atoms with Crippen molar-refractivity contribution in [3.8, 4) is 11.4 Å². The van der Waals surface area contributed by atoms with Gasteiger partial charge in [-0.2, -0.15) is 16.1 Å². The predicted molar refractivity (Wildman–Crippen MR) is 97.1 cm³/mol. The summed E-state index contributed by atoms with van der Waals surface area (Å²) in [4.78, 5) is 29.7.